The molecule has 2 N–H and O–H groups in total. The summed E-state index contributed by atoms with van der Waals surface area (Å²) in [6, 6.07) is 3.10. The Bertz CT molecular complexity index is 584. The number of guanidine groups is 1. The summed E-state index contributed by atoms with van der Waals surface area (Å²) in [7, 11) is 0. The van der Waals surface area contributed by atoms with Crippen LogP contribution in [-0.2, 0) is 11.3 Å². The van der Waals surface area contributed by atoms with Gasteiger partial charge in [-0.15, -0.1) is 24.0 Å². The summed E-state index contributed by atoms with van der Waals surface area (Å²) in [5, 5.41) is 11.6. The fraction of sp³-hybridized carbons (Fsp3) is 0.778. The van der Waals surface area contributed by atoms with Gasteiger partial charge in [-0.05, 0) is 45.1 Å². The van der Waals surface area contributed by atoms with Crippen LogP contribution in [0.4, 0.5) is 0 Å². The van der Waals surface area contributed by atoms with Crippen molar-refractivity contribution in [2.45, 2.75) is 82.7 Å². The van der Waals surface area contributed by atoms with Crippen molar-refractivity contribution in [3.8, 4) is 0 Å². The average Bonchev–Trinajstić information content (AvgIpc) is 3.36. The minimum absolute atomic E-state index is 0. The van der Waals surface area contributed by atoms with Gasteiger partial charge >= 0.3 is 0 Å². The van der Waals surface area contributed by atoms with E-state index in [0.29, 0.717) is 30.8 Å². The molecular formula is C18H30IN5O. The van der Waals surface area contributed by atoms with Gasteiger partial charge < -0.3 is 15.4 Å². The Morgan fingerprint density at radius 1 is 1.32 bits per heavy atom. The Hall–Kier alpha value is -0.830. The zero-order valence-electron chi connectivity index (χ0n) is 15.0. The molecule has 2 bridgehead atoms. The second-order valence-electron chi connectivity index (χ2n) is 7.28. The standard InChI is InChI=1S/C18H29N5O.HI/c1-2-19-18(21-16-11-15-7-8-17(16)24-15)20-12-13-9-10-23(22-13)14-5-3-4-6-14;/h9-10,14-17H,2-8,11-12H2,1H3,(H2,19,20,21);1H. The zero-order chi connectivity index (χ0) is 16.4. The van der Waals surface area contributed by atoms with E-state index in [1.165, 1.54) is 38.5 Å². The van der Waals surface area contributed by atoms with E-state index < -0.39 is 0 Å². The first-order chi connectivity index (χ1) is 11.8. The predicted octanol–water partition coefficient (Wildman–Crippen LogP) is 2.99. The van der Waals surface area contributed by atoms with Crippen molar-refractivity contribution in [3.05, 3.63) is 18.0 Å². The molecule has 0 radical (unpaired) electrons. The Kier molecular flexibility index (Phi) is 6.60. The van der Waals surface area contributed by atoms with Crippen LogP contribution in [0.3, 0.4) is 0 Å². The maximum atomic E-state index is 5.93. The molecule has 1 aliphatic carbocycles. The normalized spacial score (nSPS) is 29.0. The van der Waals surface area contributed by atoms with E-state index in [2.05, 4.69) is 34.5 Å². The van der Waals surface area contributed by atoms with Crippen LogP contribution in [0.2, 0.25) is 0 Å². The zero-order valence-corrected chi connectivity index (χ0v) is 17.3. The highest BCUT2D eigenvalue weighted by atomic mass is 127. The lowest BCUT2D eigenvalue weighted by Crippen LogP contribution is -2.47. The fourth-order valence-corrected chi connectivity index (χ4v) is 4.28. The van der Waals surface area contributed by atoms with Crippen molar-refractivity contribution >= 4 is 29.9 Å². The minimum atomic E-state index is 0. The van der Waals surface area contributed by atoms with Crippen LogP contribution in [-0.4, -0.2) is 40.5 Å². The van der Waals surface area contributed by atoms with Gasteiger partial charge in [0.2, 0.25) is 0 Å². The molecule has 1 saturated carbocycles. The van der Waals surface area contributed by atoms with E-state index in [0.717, 1.165) is 24.6 Å². The molecule has 2 saturated heterocycles. The lowest BCUT2D eigenvalue weighted by atomic mass is 9.96. The molecule has 1 aromatic rings. The van der Waals surface area contributed by atoms with Gasteiger partial charge in [0.1, 0.15) is 0 Å². The Balaban J connectivity index is 0.00000182. The van der Waals surface area contributed by atoms with Crippen LogP contribution in [0.1, 0.15) is 63.6 Å². The van der Waals surface area contributed by atoms with Gasteiger partial charge in [-0.1, -0.05) is 12.8 Å². The summed E-state index contributed by atoms with van der Waals surface area (Å²) in [4.78, 5) is 4.73. The van der Waals surface area contributed by atoms with E-state index in [-0.39, 0.29) is 24.0 Å². The highest BCUT2D eigenvalue weighted by molar-refractivity contribution is 14.0. The second-order valence-corrected chi connectivity index (χ2v) is 7.28. The van der Waals surface area contributed by atoms with Gasteiger partial charge in [-0.3, -0.25) is 4.68 Å². The van der Waals surface area contributed by atoms with Gasteiger partial charge in [0.25, 0.3) is 0 Å². The van der Waals surface area contributed by atoms with Crippen molar-refractivity contribution in [2.24, 2.45) is 4.99 Å². The van der Waals surface area contributed by atoms with Gasteiger partial charge in [0.05, 0.1) is 36.5 Å². The molecule has 7 heteroatoms. The number of hydrogen-bond acceptors (Lipinski definition) is 3. The molecule has 0 aromatic carbocycles. The van der Waals surface area contributed by atoms with E-state index >= 15 is 0 Å². The molecule has 3 unspecified atom stereocenters. The van der Waals surface area contributed by atoms with Crippen molar-refractivity contribution in [2.75, 3.05) is 6.54 Å². The van der Waals surface area contributed by atoms with Crippen molar-refractivity contribution in [1.29, 1.82) is 0 Å². The van der Waals surface area contributed by atoms with E-state index in [4.69, 9.17) is 14.8 Å². The number of nitrogens with zero attached hydrogens (tertiary/aromatic N) is 3. The highest BCUT2D eigenvalue weighted by Gasteiger charge is 2.41. The number of aliphatic imine (C=N–C) groups is 1. The number of nitrogens with one attached hydrogen (secondary N) is 2. The Morgan fingerprint density at radius 3 is 2.84 bits per heavy atom. The molecule has 3 heterocycles. The first-order valence-corrected chi connectivity index (χ1v) is 9.56. The molecular weight excluding hydrogens is 429 g/mol. The molecule has 6 nitrogen and oxygen atoms in total. The topological polar surface area (TPSA) is 63.5 Å². The van der Waals surface area contributed by atoms with Crippen LogP contribution < -0.4 is 10.6 Å². The summed E-state index contributed by atoms with van der Waals surface area (Å²) in [5.41, 5.74) is 1.04. The smallest absolute Gasteiger partial charge is 0.191 e. The van der Waals surface area contributed by atoms with Gasteiger partial charge in [0, 0.05) is 12.7 Å². The van der Waals surface area contributed by atoms with Crippen LogP contribution in [0.5, 0.6) is 0 Å². The van der Waals surface area contributed by atoms with Crippen molar-refractivity contribution < 1.29 is 4.74 Å². The van der Waals surface area contributed by atoms with E-state index in [1.807, 2.05) is 0 Å². The molecule has 140 valence electrons. The predicted molar refractivity (Wildman–Crippen MR) is 109 cm³/mol. The van der Waals surface area contributed by atoms with Crippen molar-refractivity contribution in [3.63, 3.8) is 0 Å². The molecule has 0 amide bonds. The van der Waals surface area contributed by atoms with Gasteiger partial charge in [-0.2, -0.15) is 5.10 Å². The lowest BCUT2D eigenvalue weighted by molar-refractivity contribution is 0.0992. The third-order valence-corrected chi connectivity index (χ3v) is 5.53. The average molecular weight is 459 g/mol. The number of halogens is 1. The van der Waals surface area contributed by atoms with Crippen LogP contribution in [0, 0.1) is 0 Å². The summed E-state index contributed by atoms with van der Waals surface area (Å²) in [6.45, 7) is 3.59. The van der Waals surface area contributed by atoms with Gasteiger partial charge in [0.15, 0.2) is 5.96 Å². The Morgan fingerprint density at radius 2 is 2.16 bits per heavy atom. The maximum absolute atomic E-state index is 5.93. The third kappa shape index (κ3) is 4.48. The monoisotopic (exact) mass is 459 g/mol. The minimum Gasteiger partial charge on any atom is -0.373 e. The number of hydrogen-bond donors (Lipinski definition) is 2. The maximum Gasteiger partial charge on any atom is 0.191 e. The molecule has 1 aromatic heterocycles. The summed E-state index contributed by atoms with van der Waals surface area (Å²) < 4.78 is 8.07. The molecule has 0 spiro atoms. The first-order valence-electron chi connectivity index (χ1n) is 9.56. The summed E-state index contributed by atoms with van der Waals surface area (Å²) in [5.74, 6) is 0.883. The lowest BCUT2D eigenvalue weighted by Gasteiger charge is -2.22. The molecule has 3 fully saturated rings. The van der Waals surface area contributed by atoms with Gasteiger partial charge in [-0.25, -0.2) is 4.99 Å². The molecule has 3 aliphatic rings. The SMILES string of the molecule is CCNC(=NCc1ccn(C2CCCC2)n1)NC1CC2CCC1O2.I. The number of fused-ring (bicyclic) bond motifs is 2. The Labute approximate surface area is 167 Å². The van der Waals surface area contributed by atoms with E-state index in [1.54, 1.807) is 0 Å². The largest absolute Gasteiger partial charge is 0.373 e. The molecule has 3 atom stereocenters. The number of ether oxygens (including phenoxy) is 1. The summed E-state index contributed by atoms with van der Waals surface area (Å²) >= 11 is 0. The summed E-state index contributed by atoms with van der Waals surface area (Å²) in [6.07, 6.45) is 11.6. The second kappa shape index (κ2) is 8.70. The van der Waals surface area contributed by atoms with Crippen LogP contribution >= 0.6 is 24.0 Å². The molecule has 25 heavy (non-hydrogen) atoms. The first kappa shape index (κ1) is 18.9. The van der Waals surface area contributed by atoms with Crippen molar-refractivity contribution in [1.82, 2.24) is 20.4 Å². The quantitative estimate of drug-likeness (QED) is 0.404. The van der Waals surface area contributed by atoms with Crippen LogP contribution in [0.15, 0.2) is 17.3 Å². The van der Waals surface area contributed by atoms with E-state index in [9.17, 15) is 0 Å². The highest BCUT2D eigenvalue weighted by Crippen LogP contribution is 2.34. The fourth-order valence-electron chi connectivity index (χ4n) is 4.28. The van der Waals surface area contributed by atoms with Crippen LogP contribution in [0.25, 0.3) is 0 Å². The molecule has 2 aliphatic heterocycles. The number of rotatable bonds is 5. The number of aromatic nitrogens is 2. The molecule has 4 rings (SSSR count). The third-order valence-electron chi connectivity index (χ3n) is 5.53.